The highest BCUT2D eigenvalue weighted by Gasteiger charge is 2.07. The number of hydrogen-bond donors (Lipinski definition) is 1. The number of likely N-dealkylation sites (N-methyl/N-ethyl adjacent to an activating group) is 1. The minimum Gasteiger partial charge on any atom is -0.383 e. The number of rotatable bonds is 10. The maximum atomic E-state index is 5.12. The standard InChI is InChI=1S/C14H27N3OS/c1-5-17(6-7-18-4)10-13-11-19-14(16-13)9-15-8-12(2)3/h11-12,15H,5-10H2,1-4H3. The number of methoxy groups -OCH3 is 1. The molecule has 1 heterocycles. The molecule has 110 valence electrons. The Bertz CT molecular complexity index is 341. The number of ether oxygens (including phenoxy) is 1. The topological polar surface area (TPSA) is 37.4 Å². The molecule has 0 aliphatic heterocycles. The van der Waals surface area contributed by atoms with E-state index in [4.69, 9.17) is 4.74 Å². The second-order valence-corrected chi connectivity index (χ2v) is 6.06. The molecule has 0 aliphatic rings. The van der Waals surface area contributed by atoms with E-state index in [-0.39, 0.29) is 0 Å². The Morgan fingerprint density at radius 3 is 2.89 bits per heavy atom. The molecule has 0 radical (unpaired) electrons. The Hall–Kier alpha value is -0.490. The predicted octanol–water partition coefficient (Wildman–Crippen LogP) is 2.36. The molecule has 0 bridgehead atoms. The van der Waals surface area contributed by atoms with Crippen molar-refractivity contribution in [1.82, 2.24) is 15.2 Å². The van der Waals surface area contributed by atoms with Gasteiger partial charge in [-0.3, -0.25) is 4.90 Å². The first-order chi connectivity index (χ1) is 9.15. The third-order valence-electron chi connectivity index (χ3n) is 2.87. The average molecular weight is 285 g/mol. The Morgan fingerprint density at radius 2 is 2.26 bits per heavy atom. The van der Waals surface area contributed by atoms with Crippen LogP contribution in [-0.4, -0.2) is 43.2 Å². The molecule has 0 unspecified atom stereocenters. The van der Waals surface area contributed by atoms with Crippen molar-refractivity contribution in [2.24, 2.45) is 5.92 Å². The van der Waals surface area contributed by atoms with Gasteiger partial charge in [-0.2, -0.15) is 0 Å². The largest absolute Gasteiger partial charge is 0.383 e. The molecule has 5 heteroatoms. The highest BCUT2D eigenvalue weighted by Crippen LogP contribution is 2.11. The fourth-order valence-electron chi connectivity index (χ4n) is 1.77. The summed E-state index contributed by atoms with van der Waals surface area (Å²) in [5.74, 6) is 0.684. The van der Waals surface area contributed by atoms with Gasteiger partial charge in [-0.1, -0.05) is 20.8 Å². The molecular formula is C14H27N3OS. The Kier molecular flexibility index (Phi) is 8.21. The van der Waals surface area contributed by atoms with Crippen molar-refractivity contribution >= 4 is 11.3 Å². The van der Waals surface area contributed by atoms with Gasteiger partial charge in [0.15, 0.2) is 0 Å². The van der Waals surface area contributed by atoms with Crippen molar-refractivity contribution in [1.29, 1.82) is 0 Å². The van der Waals surface area contributed by atoms with Crippen LogP contribution in [0.5, 0.6) is 0 Å². The molecule has 0 spiro atoms. The van der Waals surface area contributed by atoms with Crippen LogP contribution >= 0.6 is 11.3 Å². The summed E-state index contributed by atoms with van der Waals surface area (Å²) in [5.41, 5.74) is 1.17. The van der Waals surface area contributed by atoms with E-state index >= 15 is 0 Å². The molecule has 1 rings (SSSR count). The van der Waals surface area contributed by atoms with Crippen LogP contribution in [0.25, 0.3) is 0 Å². The molecule has 0 aromatic carbocycles. The lowest BCUT2D eigenvalue weighted by molar-refractivity contribution is 0.147. The van der Waals surface area contributed by atoms with Gasteiger partial charge in [0.05, 0.1) is 12.3 Å². The van der Waals surface area contributed by atoms with Crippen LogP contribution in [0.4, 0.5) is 0 Å². The van der Waals surface area contributed by atoms with Crippen molar-refractivity contribution in [2.45, 2.75) is 33.9 Å². The van der Waals surface area contributed by atoms with Crippen LogP contribution in [0.1, 0.15) is 31.5 Å². The molecule has 0 aliphatic carbocycles. The molecule has 0 fully saturated rings. The van der Waals surface area contributed by atoms with Crippen LogP contribution < -0.4 is 5.32 Å². The van der Waals surface area contributed by atoms with E-state index in [0.29, 0.717) is 5.92 Å². The molecule has 4 nitrogen and oxygen atoms in total. The third kappa shape index (κ3) is 7.01. The highest BCUT2D eigenvalue weighted by atomic mass is 32.1. The fourth-order valence-corrected chi connectivity index (χ4v) is 2.52. The summed E-state index contributed by atoms with van der Waals surface area (Å²) >= 11 is 1.75. The minimum atomic E-state index is 0.684. The van der Waals surface area contributed by atoms with Crippen LogP contribution in [0.3, 0.4) is 0 Å². The smallest absolute Gasteiger partial charge is 0.107 e. The van der Waals surface area contributed by atoms with Crippen molar-refractivity contribution in [2.75, 3.05) is 33.4 Å². The van der Waals surface area contributed by atoms with Gasteiger partial charge in [-0.25, -0.2) is 4.98 Å². The van der Waals surface area contributed by atoms with E-state index < -0.39 is 0 Å². The maximum absolute atomic E-state index is 5.12. The van der Waals surface area contributed by atoms with E-state index in [9.17, 15) is 0 Å². The number of hydrogen-bond acceptors (Lipinski definition) is 5. The van der Waals surface area contributed by atoms with Crippen molar-refractivity contribution in [3.63, 3.8) is 0 Å². The maximum Gasteiger partial charge on any atom is 0.107 e. The first kappa shape index (κ1) is 16.6. The quantitative estimate of drug-likeness (QED) is 0.716. The molecule has 0 saturated heterocycles. The lowest BCUT2D eigenvalue weighted by Gasteiger charge is -2.18. The molecule has 0 amide bonds. The van der Waals surface area contributed by atoms with Gasteiger partial charge in [-0.05, 0) is 19.0 Å². The molecule has 0 atom stereocenters. The second-order valence-electron chi connectivity index (χ2n) is 5.12. The number of thiazole rings is 1. The van der Waals surface area contributed by atoms with Gasteiger partial charge >= 0.3 is 0 Å². The number of nitrogens with one attached hydrogen (secondary N) is 1. The summed E-state index contributed by atoms with van der Waals surface area (Å²) in [7, 11) is 1.75. The second kappa shape index (κ2) is 9.42. The Morgan fingerprint density at radius 1 is 1.47 bits per heavy atom. The van der Waals surface area contributed by atoms with E-state index in [2.05, 4.69) is 41.4 Å². The summed E-state index contributed by atoms with van der Waals surface area (Å²) in [4.78, 5) is 7.03. The van der Waals surface area contributed by atoms with Crippen LogP contribution in [-0.2, 0) is 17.8 Å². The van der Waals surface area contributed by atoms with E-state index in [1.165, 1.54) is 10.7 Å². The molecule has 19 heavy (non-hydrogen) atoms. The zero-order valence-electron chi connectivity index (χ0n) is 12.6. The lowest BCUT2D eigenvalue weighted by Crippen LogP contribution is -2.26. The Labute approximate surface area is 121 Å². The van der Waals surface area contributed by atoms with Crippen LogP contribution in [0.15, 0.2) is 5.38 Å². The number of nitrogens with zero attached hydrogens (tertiary/aromatic N) is 2. The summed E-state index contributed by atoms with van der Waals surface area (Å²) in [6.45, 7) is 12.2. The van der Waals surface area contributed by atoms with Gasteiger partial charge in [-0.15, -0.1) is 11.3 Å². The molecule has 1 N–H and O–H groups in total. The molecule has 1 aromatic rings. The van der Waals surface area contributed by atoms with Gasteiger partial charge in [0.25, 0.3) is 0 Å². The van der Waals surface area contributed by atoms with Gasteiger partial charge in [0.1, 0.15) is 5.01 Å². The molecule has 0 saturated carbocycles. The summed E-state index contributed by atoms with van der Waals surface area (Å²) in [5, 5.41) is 6.78. The normalized spacial score (nSPS) is 11.7. The van der Waals surface area contributed by atoms with E-state index in [0.717, 1.165) is 39.3 Å². The van der Waals surface area contributed by atoms with Crippen molar-refractivity contribution in [3.8, 4) is 0 Å². The highest BCUT2D eigenvalue weighted by molar-refractivity contribution is 7.09. The third-order valence-corrected chi connectivity index (χ3v) is 3.77. The average Bonchev–Trinajstić information content (AvgIpc) is 2.81. The predicted molar refractivity (Wildman–Crippen MR) is 81.5 cm³/mol. The summed E-state index contributed by atoms with van der Waals surface area (Å²) in [6.07, 6.45) is 0. The Balaban J connectivity index is 2.36. The molecule has 1 aromatic heterocycles. The zero-order valence-corrected chi connectivity index (χ0v) is 13.4. The zero-order chi connectivity index (χ0) is 14.1. The lowest BCUT2D eigenvalue weighted by atomic mass is 10.2. The van der Waals surface area contributed by atoms with E-state index in [1.54, 1.807) is 18.4 Å². The SMILES string of the molecule is CCN(CCOC)Cc1csc(CNCC(C)C)n1. The van der Waals surface area contributed by atoms with Gasteiger partial charge in [0, 0.05) is 32.1 Å². The van der Waals surface area contributed by atoms with Crippen molar-refractivity contribution in [3.05, 3.63) is 16.1 Å². The summed E-state index contributed by atoms with van der Waals surface area (Å²) in [6, 6.07) is 0. The van der Waals surface area contributed by atoms with Crippen molar-refractivity contribution < 1.29 is 4.74 Å². The monoisotopic (exact) mass is 285 g/mol. The number of aromatic nitrogens is 1. The first-order valence-electron chi connectivity index (χ1n) is 7.01. The van der Waals surface area contributed by atoms with Gasteiger partial charge < -0.3 is 10.1 Å². The molecular weight excluding hydrogens is 258 g/mol. The fraction of sp³-hybridized carbons (Fsp3) is 0.786. The van der Waals surface area contributed by atoms with Gasteiger partial charge in [0.2, 0.25) is 0 Å². The summed E-state index contributed by atoms with van der Waals surface area (Å²) < 4.78 is 5.12. The van der Waals surface area contributed by atoms with Crippen LogP contribution in [0, 0.1) is 5.92 Å². The van der Waals surface area contributed by atoms with E-state index in [1.807, 2.05) is 0 Å². The minimum absolute atomic E-state index is 0.684. The van der Waals surface area contributed by atoms with Crippen LogP contribution in [0.2, 0.25) is 0 Å². The first-order valence-corrected chi connectivity index (χ1v) is 7.89.